The SMILES string of the molecule is COCCCNc1ccnc(C(=O)NCCC2=CCCCC2)c1. The summed E-state index contributed by atoms with van der Waals surface area (Å²) in [7, 11) is 1.69. The summed E-state index contributed by atoms with van der Waals surface area (Å²) in [6.07, 6.45) is 10.8. The van der Waals surface area contributed by atoms with Crippen molar-refractivity contribution in [1.29, 1.82) is 0 Å². The average Bonchev–Trinajstić information content (AvgIpc) is 2.60. The van der Waals surface area contributed by atoms with E-state index >= 15 is 0 Å². The van der Waals surface area contributed by atoms with Crippen LogP contribution in [-0.4, -0.2) is 37.7 Å². The van der Waals surface area contributed by atoms with Crippen LogP contribution in [0.2, 0.25) is 0 Å². The molecule has 1 aromatic rings. The minimum Gasteiger partial charge on any atom is -0.385 e. The highest BCUT2D eigenvalue weighted by molar-refractivity contribution is 5.93. The molecule has 0 saturated carbocycles. The second-order valence-electron chi connectivity index (χ2n) is 5.82. The number of nitrogens with zero attached hydrogens (tertiary/aromatic N) is 1. The maximum Gasteiger partial charge on any atom is 0.269 e. The van der Waals surface area contributed by atoms with Gasteiger partial charge in [-0.3, -0.25) is 9.78 Å². The van der Waals surface area contributed by atoms with E-state index in [4.69, 9.17) is 4.74 Å². The molecule has 0 fully saturated rings. The first-order chi connectivity index (χ1) is 11.3. The number of allylic oxidation sites excluding steroid dienone is 1. The maximum atomic E-state index is 12.2. The molecule has 0 aliphatic heterocycles. The number of rotatable bonds is 9. The molecule has 0 spiro atoms. The minimum atomic E-state index is -0.109. The highest BCUT2D eigenvalue weighted by Gasteiger charge is 2.09. The molecule has 1 amide bonds. The Morgan fingerprint density at radius 3 is 3.04 bits per heavy atom. The molecule has 23 heavy (non-hydrogen) atoms. The molecule has 0 atom stereocenters. The van der Waals surface area contributed by atoms with E-state index in [9.17, 15) is 4.79 Å². The number of hydrogen-bond donors (Lipinski definition) is 2. The van der Waals surface area contributed by atoms with Gasteiger partial charge in [-0.25, -0.2) is 0 Å². The molecular formula is C18H27N3O2. The quantitative estimate of drug-likeness (QED) is 0.542. The Morgan fingerprint density at radius 1 is 1.35 bits per heavy atom. The molecule has 2 N–H and O–H groups in total. The molecule has 2 rings (SSSR count). The Labute approximate surface area is 138 Å². The molecule has 0 unspecified atom stereocenters. The predicted molar refractivity (Wildman–Crippen MR) is 92.7 cm³/mol. The molecule has 1 aliphatic carbocycles. The lowest BCUT2D eigenvalue weighted by molar-refractivity contribution is 0.0949. The zero-order valence-corrected chi connectivity index (χ0v) is 13.9. The number of amides is 1. The van der Waals surface area contributed by atoms with Crippen molar-refractivity contribution in [2.75, 3.05) is 32.1 Å². The van der Waals surface area contributed by atoms with Crippen LogP contribution in [0, 0.1) is 0 Å². The molecule has 5 nitrogen and oxygen atoms in total. The molecule has 1 aliphatic rings. The number of pyridine rings is 1. The number of carbonyl (C=O) groups is 1. The number of carbonyl (C=O) groups excluding carboxylic acids is 1. The summed E-state index contributed by atoms with van der Waals surface area (Å²) in [4.78, 5) is 16.3. The van der Waals surface area contributed by atoms with Crippen molar-refractivity contribution in [3.63, 3.8) is 0 Å². The normalized spacial score (nSPS) is 14.2. The van der Waals surface area contributed by atoms with E-state index in [1.54, 1.807) is 19.4 Å². The first kappa shape index (κ1) is 17.5. The van der Waals surface area contributed by atoms with Crippen molar-refractivity contribution in [3.05, 3.63) is 35.7 Å². The van der Waals surface area contributed by atoms with Gasteiger partial charge >= 0.3 is 0 Å². The number of ether oxygens (including phenoxy) is 1. The summed E-state index contributed by atoms with van der Waals surface area (Å²) in [6.45, 7) is 2.21. The van der Waals surface area contributed by atoms with E-state index in [-0.39, 0.29) is 5.91 Å². The second-order valence-corrected chi connectivity index (χ2v) is 5.82. The van der Waals surface area contributed by atoms with Crippen molar-refractivity contribution >= 4 is 11.6 Å². The summed E-state index contributed by atoms with van der Waals surface area (Å²) in [5.74, 6) is -0.109. The lowest BCUT2D eigenvalue weighted by atomic mass is 9.97. The van der Waals surface area contributed by atoms with Crippen molar-refractivity contribution in [1.82, 2.24) is 10.3 Å². The van der Waals surface area contributed by atoms with E-state index < -0.39 is 0 Å². The van der Waals surface area contributed by atoms with Crippen LogP contribution >= 0.6 is 0 Å². The van der Waals surface area contributed by atoms with Gasteiger partial charge < -0.3 is 15.4 Å². The monoisotopic (exact) mass is 317 g/mol. The lowest BCUT2D eigenvalue weighted by Crippen LogP contribution is -2.25. The molecule has 0 radical (unpaired) electrons. The fourth-order valence-corrected chi connectivity index (χ4v) is 2.67. The van der Waals surface area contributed by atoms with Gasteiger partial charge in [-0.1, -0.05) is 11.6 Å². The first-order valence-electron chi connectivity index (χ1n) is 8.44. The van der Waals surface area contributed by atoms with Crippen LogP contribution in [0.1, 0.15) is 49.0 Å². The fourth-order valence-electron chi connectivity index (χ4n) is 2.67. The summed E-state index contributed by atoms with van der Waals surface area (Å²) in [5.41, 5.74) is 2.84. The van der Waals surface area contributed by atoms with E-state index in [1.165, 1.54) is 31.3 Å². The molecule has 0 saturated heterocycles. The second kappa shape index (κ2) is 10.0. The van der Waals surface area contributed by atoms with Crippen molar-refractivity contribution < 1.29 is 9.53 Å². The number of nitrogens with one attached hydrogen (secondary N) is 2. The minimum absolute atomic E-state index is 0.109. The Bertz CT molecular complexity index is 529. The molecular weight excluding hydrogens is 290 g/mol. The van der Waals surface area contributed by atoms with Crippen LogP contribution in [0.25, 0.3) is 0 Å². The van der Waals surface area contributed by atoms with Gasteiger partial charge in [0.15, 0.2) is 0 Å². The van der Waals surface area contributed by atoms with Crippen LogP contribution in [0.15, 0.2) is 30.0 Å². The van der Waals surface area contributed by atoms with Crippen molar-refractivity contribution in [2.45, 2.75) is 38.5 Å². The van der Waals surface area contributed by atoms with Crippen LogP contribution < -0.4 is 10.6 Å². The van der Waals surface area contributed by atoms with Gasteiger partial charge in [0.1, 0.15) is 5.69 Å². The third-order valence-electron chi connectivity index (χ3n) is 3.96. The van der Waals surface area contributed by atoms with Gasteiger partial charge in [-0.15, -0.1) is 0 Å². The number of methoxy groups -OCH3 is 1. The Hall–Kier alpha value is -1.88. The Morgan fingerprint density at radius 2 is 2.26 bits per heavy atom. The zero-order valence-electron chi connectivity index (χ0n) is 13.9. The van der Waals surface area contributed by atoms with Crippen LogP contribution in [0.3, 0.4) is 0 Å². The summed E-state index contributed by atoms with van der Waals surface area (Å²) >= 11 is 0. The molecule has 5 heteroatoms. The smallest absolute Gasteiger partial charge is 0.269 e. The number of hydrogen-bond acceptors (Lipinski definition) is 4. The molecule has 0 bridgehead atoms. The zero-order chi connectivity index (χ0) is 16.3. The Balaban J connectivity index is 1.76. The van der Waals surface area contributed by atoms with E-state index in [0.29, 0.717) is 12.2 Å². The van der Waals surface area contributed by atoms with Gasteiger partial charge in [0.05, 0.1) is 0 Å². The van der Waals surface area contributed by atoms with Gasteiger partial charge in [-0.05, 0) is 50.7 Å². The van der Waals surface area contributed by atoms with Crippen LogP contribution in [0.4, 0.5) is 5.69 Å². The van der Waals surface area contributed by atoms with Gasteiger partial charge in [0.2, 0.25) is 0 Å². The maximum absolute atomic E-state index is 12.2. The molecule has 0 aromatic carbocycles. The van der Waals surface area contributed by atoms with Gasteiger partial charge in [0.25, 0.3) is 5.91 Å². The van der Waals surface area contributed by atoms with Crippen molar-refractivity contribution in [3.8, 4) is 0 Å². The Kier molecular flexibility index (Phi) is 7.60. The third-order valence-corrected chi connectivity index (χ3v) is 3.96. The van der Waals surface area contributed by atoms with Gasteiger partial charge in [-0.2, -0.15) is 0 Å². The first-order valence-corrected chi connectivity index (χ1v) is 8.44. The predicted octanol–water partition coefficient (Wildman–Crippen LogP) is 3.15. The van der Waals surface area contributed by atoms with E-state index in [2.05, 4.69) is 21.7 Å². The summed E-state index contributed by atoms with van der Waals surface area (Å²) in [6, 6.07) is 3.67. The topological polar surface area (TPSA) is 63.2 Å². The highest BCUT2D eigenvalue weighted by Crippen LogP contribution is 2.19. The van der Waals surface area contributed by atoms with E-state index in [0.717, 1.165) is 31.7 Å². The standard InChI is InChI=1S/C18H27N3O2/c1-23-13-5-10-19-16-9-12-20-17(14-16)18(22)21-11-8-15-6-3-2-4-7-15/h6,9,12,14H,2-5,7-8,10-11,13H2,1H3,(H,19,20)(H,21,22). The summed E-state index contributed by atoms with van der Waals surface area (Å²) in [5, 5.41) is 6.23. The van der Waals surface area contributed by atoms with Crippen LogP contribution in [-0.2, 0) is 4.74 Å². The molecule has 1 heterocycles. The molecule has 1 aromatic heterocycles. The lowest BCUT2D eigenvalue weighted by Gasteiger charge is -2.13. The average molecular weight is 317 g/mol. The van der Waals surface area contributed by atoms with Crippen molar-refractivity contribution in [2.24, 2.45) is 0 Å². The largest absolute Gasteiger partial charge is 0.385 e. The number of anilines is 1. The highest BCUT2D eigenvalue weighted by atomic mass is 16.5. The van der Waals surface area contributed by atoms with Gasteiger partial charge in [0, 0.05) is 38.7 Å². The third kappa shape index (κ3) is 6.40. The van der Waals surface area contributed by atoms with E-state index in [1.807, 2.05) is 6.07 Å². The fraction of sp³-hybridized carbons (Fsp3) is 0.556. The number of aromatic nitrogens is 1. The molecule has 126 valence electrons. The van der Waals surface area contributed by atoms with Crippen LogP contribution in [0.5, 0.6) is 0 Å². The summed E-state index contributed by atoms with van der Waals surface area (Å²) < 4.78 is 5.01.